The number of hydrogen-bond donors (Lipinski definition) is 0. The van der Waals surface area contributed by atoms with E-state index in [9.17, 15) is 4.79 Å². The molecule has 0 bridgehead atoms. The van der Waals surface area contributed by atoms with E-state index in [0.717, 1.165) is 21.9 Å². The number of allylic oxidation sites excluding steroid dienone is 1. The summed E-state index contributed by atoms with van der Waals surface area (Å²) in [5.41, 5.74) is 3.51. The Morgan fingerprint density at radius 2 is 2.11 bits per heavy atom. The summed E-state index contributed by atoms with van der Waals surface area (Å²) < 4.78 is 4.73. The number of carbonyl (C=O) groups excluding carboxylic acids is 1. The van der Waals surface area contributed by atoms with Gasteiger partial charge in [-0.05, 0) is 17.6 Å². The summed E-state index contributed by atoms with van der Waals surface area (Å²) in [6.45, 7) is 0. The molecule has 0 N–H and O–H groups in total. The Labute approximate surface area is 115 Å². The molecule has 0 spiro atoms. The molecule has 0 atom stereocenters. The lowest BCUT2D eigenvalue weighted by atomic mass is 10.1. The van der Waals surface area contributed by atoms with E-state index in [1.165, 1.54) is 18.9 Å². The number of carbonyl (C=O) groups is 1. The third kappa shape index (κ3) is 2.27. The number of thioether (sulfide) groups is 1. The van der Waals surface area contributed by atoms with Crippen molar-refractivity contribution in [2.24, 2.45) is 4.99 Å². The molecule has 0 amide bonds. The van der Waals surface area contributed by atoms with Crippen LogP contribution in [0.4, 0.5) is 5.69 Å². The molecule has 94 valence electrons. The fourth-order valence-corrected chi connectivity index (χ4v) is 2.72. The van der Waals surface area contributed by atoms with Crippen molar-refractivity contribution < 1.29 is 9.53 Å². The molecule has 0 aromatic heterocycles. The molecule has 3 rings (SSSR count). The third-order valence-corrected chi connectivity index (χ3v) is 3.80. The van der Waals surface area contributed by atoms with Gasteiger partial charge in [0.2, 0.25) is 0 Å². The zero-order valence-electron chi connectivity index (χ0n) is 10.3. The summed E-state index contributed by atoms with van der Waals surface area (Å²) in [6, 6.07) is 7.95. The molecular formula is C15H11NO2S. The SMILES string of the molecule is COC(=O)C1=CSC2=Nc3ccccc3C=CC2=C1. The number of fused-ring (bicyclic) bond motifs is 2. The molecule has 1 aromatic carbocycles. The van der Waals surface area contributed by atoms with Crippen molar-refractivity contribution in [1.29, 1.82) is 0 Å². The Bertz CT molecular complexity index is 668. The lowest BCUT2D eigenvalue weighted by Crippen LogP contribution is -2.08. The Kier molecular flexibility index (Phi) is 3.09. The standard InChI is InChI=1S/C15H11NO2S/c1-18-15(17)12-8-11-7-6-10-4-2-3-5-13(10)16-14(11)19-9-12/h2-9H,1H3. The van der Waals surface area contributed by atoms with Crippen LogP contribution in [0.2, 0.25) is 0 Å². The van der Waals surface area contributed by atoms with Crippen LogP contribution >= 0.6 is 11.8 Å². The fraction of sp³-hybridized carbons (Fsp3) is 0.0667. The van der Waals surface area contributed by atoms with Crippen molar-refractivity contribution in [1.82, 2.24) is 0 Å². The Morgan fingerprint density at radius 1 is 1.26 bits per heavy atom. The first-order valence-corrected chi connectivity index (χ1v) is 6.69. The third-order valence-electron chi connectivity index (χ3n) is 2.88. The van der Waals surface area contributed by atoms with Gasteiger partial charge in [-0.3, -0.25) is 0 Å². The highest BCUT2D eigenvalue weighted by atomic mass is 32.2. The van der Waals surface area contributed by atoms with Crippen LogP contribution in [-0.2, 0) is 9.53 Å². The van der Waals surface area contributed by atoms with Gasteiger partial charge < -0.3 is 4.74 Å². The van der Waals surface area contributed by atoms with Crippen molar-refractivity contribution in [2.45, 2.75) is 0 Å². The van der Waals surface area contributed by atoms with Crippen LogP contribution in [0, 0.1) is 0 Å². The van der Waals surface area contributed by atoms with Gasteiger partial charge >= 0.3 is 5.97 Å². The fourth-order valence-electron chi connectivity index (χ4n) is 1.91. The minimum absolute atomic E-state index is 0.325. The molecule has 0 aliphatic carbocycles. The molecule has 2 aliphatic heterocycles. The summed E-state index contributed by atoms with van der Waals surface area (Å²) in [5.74, 6) is -0.325. The van der Waals surface area contributed by atoms with Crippen LogP contribution in [0.3, 0.4) is 0 Å². The largest absolute Gasteiger partial charge is 0.465 e. The average Bonchev–Trinajstić information content (AvgIpc) is 2.64. The highest BCUT2D eigenvalue weighted by Crippen LogP contribution is 2.32. The van der Waals surface area contributed by atoms with Gasteiger partial charge in [0, 0.05) is 11.1 Å². The first kappa shape index (κ1) is 12.0. The molecule has 2 aliphatic rings. The average molecular weight is 269 g/mol. The van der Waals surface area contributed by atoms with E-state index >= 15 is 0 Å². The van der Waals surface area contributed by atoms with Crippen molar-refractivity contribution in [3.05, 3.63) is 58.5 Å². The van der Waals surface area contributed by atoms with Gasteiger partial charge in [0.15, 0.2) is 0 Å². The summed E-state index contributed by atoms with van der Waals surface area (Å²) in [4.78, 5) is 16.2. The number of methoxy groups -OCH3 is 1. The Morgan fingerprint density at radius 3 is 2.95 bits per heavy atom. The number of para-hydroxylation sites is 1. The normalized spacial score (nSPS) is 16.4. The molecule has 2 heterocycles. The van der Waals surface area contributed by atoms with Gasteiger partial charge in [-0.15, -0.1) is 0 Å². The number of ether oxygens (including phenoxy) is 1. The molecule has 0 unspecified atom stereocenters. The van der Waals surface area contributed by atoms with Crippen molar-refractivity contribution in [2.75, 3.05) is 7.11 Å². The van der Waals surface area contributed by atoms with Gasteiger partial charge in [-0.1, -0.05) is 42.1 Å². The number of hydrogen-bond acceptors (Lipinski definition) is 4. The van der Waals surface area contributed by atoms with Gasteiger partial charge in [-0.25, -0.2) is 9.79 Å². The van der Waals surface area contributed by atoms with E-state index in [1.54, 1.807) is 5.41 Å². The van der Waals surface area contributed by atoms with E-state index in [2.05, 4.69) is 4.99 Å². The smallest absolute Gasteiger partial charge is 0.338 e. The van der Waals surface area contributed by atoms with Crippen LogP contribution in [0.5, 0.6) is 0 Å². The molecule has 0 fully saturated rings. The molecule has 3 nitrogen and oxygen atoms in total. The Hall–Kier alpha value is -2.07. The molecule has 0 saturated heterocycles. The lowest BCUT2D eigenvalue weighted by molar-refractivity contribution is -0.135. The van der Waals surface area contributed by atoms with Crippen LogP contribution in [-0.4, -0.2) is 18.1 Å². The zero-order chi connectivity index (χ0) is 13.2. The Balaban J connectivity index is 2.03. The van der Waals surface area contributed by atoms with Crippen LogP contribution in [0.1, 0.15) is 5.56 Å². The molecular weight excluding hydrogens is 258 g/mol. The van der Waals surface area contributed by atoms with Gasteiger partial charge in [0.1, 0.15) is 5.04 Å². The van der Waals surface area contributed by atoms with Gasteiger partial charge in [-0.2, -0.15) is 0 Å². The second-order valence-corrected chi connectivity index (χ2v) is 4.95. The monoisotopic (exact) mass is 269 g/mol. The number of esters is 1. The molecule has 19 heavy (non-hydrogen) atoms. The van der Waals surface area contributed by atoms with Crippen LogP contribution in [0.25, 0.3) is 6.08 Å². The van der Waals surface area contributed by atoms with Gasteiger partial charge in [0.25, 0.3) is 0 Å². The lowest BCUT2D eigenvalue weighted by Gasteiger charge is -2.11. The molecule has 4 heteroatoms. The highest BCUT2D eigenvalue weighted by Gasteiger charge is 2.18. The van der Waals surface area contributed by atoms with Crippen molar-refractivity contribution in [3.8, 4) is 0 Å². The molecule has 0 radical (unpaired) electrons. The summed E-state index contributed by atoms with van der Waals surface area (Å²) in [5, 5.41) is 2.67. The maximum Gasteiger partial charge on any atom is 0.338 e. The number of benzene rings is 1. The minimum atomic E-state index is -0.325. The predicted octanol–water partition coefficient (Wildman–Crippen LogP) is 3.47. The zero-order valence-corrected chi connectivity index (χ0v) is 11.1. The summed E-state index contributed by atoms with van der Waals surface area (Å²) >= 11 is 1.44. The first-order chi connectivity index (χ1) is 9.28. The summed E-state index contributed by atoms with van der Waals surface area (Å²) in [6.07, 6.45) is 5.80. The summed E-state index contributed by atoms with van der Waals surface area (Å²) in [7, 11) is 1.38. The predicted molar refractivity (Wildman–Crippen MR) is 78.3 cm³/mol. The molecule has 0 saturated carbocycles. The maximum absolute atomic E-state index is 11.5. The van der Waals surface area contributed by atoms with E-state index in [4.69, 9.17) is 4.74 Å². The van der Waals surface area contributed by atoms with E-state index < -0.39 is 0 Å². The van der Waals surface area contributed by atoms with Crippen molar-refractivity contribution >= 4 is 34.5 Å². The van der Waals surface area contributed by atoms with E-state index in [-0.39, 0.29) is 5.97 Å². The number of rotatable bonds is 1. The van der Waals surface area contributed by atoms with Crippen molar-refractivity contribution in [3.63, 3.8) is 0 Å². The van der Waals surface area contributed by atoms with Gasteiger partial charge in [0.05, 0.1) is 18.4 Å². The highest BCUT2D eigenvalue weighted by molar-refractivity contribution is 8.17. The topological polar surface area (TPSA) is 38.7 Å². The maximum atomic E-state index is 11.5. The first-order valence-electron chi connectivity index (χ1n) is 5.81. The molecule has 1 aromatic rings. The minimum Gasteiger partial charge on any atom is -0.465 e. The van der Waals surface area contributed by atoms with Crippen LogP contribution < -0.4 is 0 Å². The van der Waals surface area contributed by atoms with E-state index in [0.29, 0.717) is 5.57 Å². The van der Waals surface area contributed by atoms with Crippen LogP contribution in [0.15, 0.2) is 58.0 Å². The quantitative estimate of drug-likeness (QED) is 0.733. The number of aliphatic imine (C=N–C) groups is 1. The number of nitrogens with zero attached hydrogens (tertiary/aromatic N) is 1. The second kappa shape index (κ2) is 4.90. The van der Waals surface area contributed by atoms with E-state index in [1.807, 2.05) is 42.5 Å². The second-order valence-electron chi connectivity index (χ2n) is 4.09.